The van der Waals surface area contributed by atoms with Crippen LogP contribution in [0.2, 0.25) is 0 Å². The number of piperazine rings is 1. The molecule has 1 aromatic carbocycles. The van der Waals surface area contributed by atoms with Gasteiger partial charge in [-0.15, -0.1) is 0 Å². The molecule has 0 spiro atoms. The molecular weight excluding hydrogens is 352 g/mol. The first-order valence-electron chi connectivity index (χ1n) is 8.43. The molecule has 8 heteroatoms. The zero-order valence-corrected chi connectivity index (χ0v) is 15.4. The van der Waals surface area contributed by atoms with Crippen molar-refractivity contribution in [3.8, 4) is 0 Å². The van der Waals surface area contributed by atoms with Crippen LogP contribution in [-0.4, -0.2) is 61.7 Å². The molecule has 0 unspecified atom stereocenters. The van der Waals surface area contributed by atoms with Gasteiger partial charge in [0.25, 0.3) is 5.91 Å². The molecule has 0 bridgehead atoms. The van der Waals surface area contributed by atoms with Gasteiger partial charge in [-0.05, 0) is 36.9 Å². The number of hydrogen-bond donors (Lipinski definition) is 1. The molecule has 1 aliphatic rings. The summed E-state index contributed by atoms with van der Waals surface area (Å²) in [6, 6.07) is 9.94. The molecule has 1 saturated heterocycles. The van der Waals surface area contributed by atoms with Crippen molar-refractivity contribution < 1.29 is 13.2 Å². The summed E-state index contributed by atoms with van der Waals surface area (Å²) in [4.78, 5) is 18.3. The second kappa shape index (κ2) is 7.94. The Labute approximate surface area is 153 Å². The third-order valence-corrected chi connectivity index (χ3v) is 6.33. The quantitative estimate of drug-likeness (QED) is 0.843. The minimum absolute atomic E-state index is 0.193. The first-order valence-corrected chi connectivity index (χ1v) is 9.87. The highest BCUT2D eigenvalue weighted by Crippen LogP contribution is 2.18. The van der Waals surface area contributed by atoms with Crippen LogP contribution in [0.4, 0.5) is 0 Å². The van der Waals surface area contributed by atoms with E-state index in [1.54, 1.807) is 48.8 Å². The summed E-state index contributed by atoms with van der Waals surface area (Å²) in [7, 11) is -1.48. The van der Waals surface area contributed by atoms with Gasteiger partial charge < -0.3 is 10.2 Å². The molecule has 2 aromatic rings. The minimum Gasteiger partial charge on any atom is -0.348 e. The van der Waals surface area contributed by atoms with Gasteiger partial charge in [-0.25, -0.2) is 8.42 Å². The van der Waals surface area contributed by atoms with E-state index in [9.17, 15) is 13.2 Å². The van der Waals surface area contributed by atoms with Crippen molar-refractivity contribution in [2.75, 3.05) is 33.2 Å². The number of carbonyl (C=O) groups excluding carboxylic acids is 1. The predicted molar refractivity (Wildman–Crippen MR) is 98.1 cm³/mol. The highest BCUT2D eigenvalue weighted by Gasteiger charge is 2.27. The van der Waals surface area contributed by atoms with E-state index in [1.807, 2.05) is 7.05 Å². The fourth-order valence-corrected chi connectivity index (χ4v) is 4.17. The maximum atomic E-state index is 12.7. The standard InChI is InChI=1S/C18H22N4O3S/c1-21-10-12-22(13-11-21)26(24,25)17-4-2-15(3-5-17)14-20-18(23)16-6-8-19-9-7-16/h2-9H,10-14H2,1H3,(H,20,23). The van der Waals surface area contributed by atoms with Crippen LogP contribution in [0, 0.1) is 0 Å². The molecule has 0 radical (unpaired) electrons. The van der Waals surface area contributed by atoms with E-state index in [2.05, 4.69) is 15.2 Å². The Bertz CT molecular complexity index is 846. The van der Waals surface area contributed by atoms with Crippen LogP contribution in [0.25, 0.3) is 0 Å². The van der Waals surface area contributed by atoms with Gasteiger partial charge in [0.2, 0.25) is 10.0 Å². The van der Waals surface area contributed by atoms with Gasteiger partial charge in [0.15, 0.2) is 0 Å². The number of nitrogens with zero attached hydrogens (tertiary/aromatic N) is 3. The highest BCUT2D eigenvalue weighted by molar-refractivity contribution is 7.89. The van der Waals surface area contributed by atoms with Crippen molar-refractivity contribution in [1.29, 1.82) is 0 Å². The average Bonchev–Trinajstić information content (AvgIpc) is 2.67. The summed E-state index contributed by atoms with van der Waals surface area (Å²) in [5, 5.41) is 2.81. The summed E-state index contributed by atoms with van der Waals surface area (Å²) in [6.07, 6.45) is 3.12. The normalized spacial score (nSPS) is 16.3. The number of likely N-dealkylation sites (N-methyl/N-ethyl adjacent to an activating group) is 1. The van der Waals surface area contributed by atoms with Crippen LogP contribution in [0.3, 0.4) is 0 Å². The number of pyridine rings is 1. The molecule has 1 aliphatic heterocycles. The molecule has 0 saturated carbocycles. The van der Waals surface area contributed by atoms with Crippen LogP contribution >= 0.6 is 0 Å². The van der Waals surface area contributed by atoms with Gasteiger partial charge in [0.1, 0.15) is 0 Å². The largest absolute Gasteiger partial charge is 0.348 e. The number of aromatic nitrogens is 1. The van der Waals surface area contributed by atoms with Crippen LogP contribution in [0.15, 0.2) is 53.7 Å². The van der Waals surface area contributed by atoms with Crippen LogP contribution in [0.1, 0.15) is 15.9 Å². The van der Waals surface area contributed by atoms with Crippen LogP contribution in [0.5, 0.6) is 0 Å². The number of carbonyl (C=O) groups is 1. The Morgan fingerprint density at radius 3 is 2.27 bits per heavy atom. The molecule has 0 atom stereocenters. The number of sulfonamides is 1. The number of amides is 1. The Morgan fingerprint density at radius 1 is 1.04 bits per heavy atom. The summed E-state index contributed by atoms with van der Waals surface area (Å²) >= 11 is 0. The van der Waals surface area contributed by atoms with Gasteiger partial charge in [-0.2, -0.15) is 4.31 Å². The Morgan fingerprint density at radius 2 is 1.65 bits per heavy atom. The molecule has 7 nitrogen and oxygen atoms in total. The maximum Gasteiger partial charge on any atom is 0.251 e. The number of rotatable bonds is 5. The number of nitrogens with one attached hydrogen (secondary N) is 1. The summed E-state index contributed by atoms with van der Waals surface area (Å²) < 4.78 is 26.9. The summed E-state index contributed by atoms with van der Waals surface area (Å²) in [6.45, 7) is 2.80. The highest BCUT2D eigenvalue weighted by atomic mass is 32.2. The molecule has 0 aliphatic carbocycles. The smallest absolute Gasteiger partial charge is 0.251 e. The van der Waals surface area contributed by atoms with Crippen LogP contribution < -0.4 is 5.32 Å². The molecule has 1 amide bonds. The fraction of sp³-hybridized carbons (Fsp3) is 0.333. The average molecular weight is 374 g/mol. The van der Waals surface area contributed by atoms with Gasteiger partial charge in [0, 0.05) is 50.7 Å². The SMILES string of the molecule is CN1CCN(S(=O)(=O)c2ccc(CNC(=O)c3ccncc3)cc2)CC1. The molecule has 2 heterocycles. The predicted octanol–water partition coefficient (Wildman–Crippen LogP) is 0.948. The summed E-state index contributed by atoms with van der Waals surface area (Å²) in [5.74, 6) is -0.193. The zero-order chi connectivity index (χ0) is 18.6. The van der Waals surface area contributed by atoms with E-state index in [0.717, 1.165) is 18.7 Å². The number of hydrogen-bond acceptors (Lipinski definition) is 5. The Hall–Kier alpha value is -2.29. The van der Waals surface area contributed by atoms with E-state index >= 15 is 0 Å². The molecule has 1 N–H and O–H groups in total. The zero-order valence-electron chi connectivity index (χ0n) is 14.6. The first kappa shape index (κ1) is 18.5. The maximum absolute atomic E-state index is 12.7. The van der Waals surface area contributed by atoms with E-state index in [0.29, 0.717) is 25.2 Å². The molecule has 3 rings (SSSR count). The topological polar surface area (TPSA) is 82.6 Å². The summed E-state index contributed by atoms with van der Waals surface area (Å²) in [5.41, 5.74) is 1.37. The lowest BCUT2D eigenvalue weighted by Crippen LogP contribution is -2.47. The van der Waals surface area contributed by atoms with E-state index in [4.69, 9.17) is 0 Å². The van der Waals surface area contributed by atoms with Crippen molar-refractivity contribution >= 4 is 15.9 Å². The molecule has 26 heavy (non-hydrogen) atoms. The van der Waals surface area contributed by atoms with Crippen molar-refractivity contribution in [3.05, 3.63) is 59.9 Å². The van der Waals surface area contributed by atoms with Crippen molar-refractivity contribution in [2.45, 2.75) is 11.4 Å². The van der Waals surface area contributed by atoms with E-state index in [-0.39, 0.29) is 10.8 Å². The molecule has 138 valence electrons. The monoisotopic (exact) mass is 374 g/mol. The second-order valence-corrected chi connectivity index (χ2v) is 8.21. The second-order valence-electron chi connectivity index (χ2n) is 6.27. The lowest BCUT2D eigenvalue weighted by Gasteiger charge is -2.31. The molecule has 1 aromatic heterocycles. The van der Waals surface area contributed by atoms with Crippen molar-refractivity contribution in [3.63, 3.8) is 0 Å². The van der Waals surface area contributed by atoms with Gasteiger partial charge >= 0.3 is 0 Å². The Kier molecular flexibility index (Phi) is 5.65. The van der Waals surface area contributed by atoms with E-state index in [1.165, 1.54) is 4.31 Å². The first-order chi connectivity index (χ1) is 12.5. The van der Waals surface area contributed by atoms with Gasteiger partial charge in [-0.1, -0.05) is 12.1 Å². The lowest BCUT2D eigenvalue weighted by atomic mass is 10.2. The number of benzene rings is 1. The minimum atomic E-state index is -3.46. The van der Waals surface area contributed by atoms with E-state index < -0.39 is 10.0 Å². The van der Waals surface area contributed by atoms with Gasteiger partial charge in [0.05, 0.1) is 4.90 Å². The Balaban J connectivity index is 1.62. The third kappa shape index (κ3) is 4.27. The third-order valence-electron chi connectivity index (χ3n) is 4.42. The van der Waals surface area contributed by atoms with Crippen LogP contribution in [-0.2, 0) is 16.6 Å². The van der Waals surface area contributed by atoms with Gasteiger partial charge in [-0.3, -0.25) is 9.78 Å². The molecule has 1 fully saturated rings. The fourth-order valence-electron chi connectivity index (χ4n) is 2.74. The lowest BCUT2D eigenvalue weighted by molar-refractivity contribution is 0.0950. The van der Waals surface area contributed by atoms with Crippen molar-refractivity contribution in [2.24, 2.45) is 0 Å². The van der Waals surface area contributed by atoms with Crippen molar-refractivity contribution in [1.82, 2.24) is 19.5 Å². The molecular formula is C18H22N4O3S.